The van der Waals surface area contributed by atoms with Crippen molar-refractivity contribution < 1.29 is 0 Å². The van der Waals surface area contributed by atoms with Crippen LogP contribution < -0.4 is 16.6 Å². The first-order chi connectivity index (χ1) is 8.81. The van der Waals surface area contributed by atoms with Gasteiger partial charge in [0.25, 0.3) is 0 Å². The Balaban J connectivity index is 1.91. The van der Waals surface area contributed by atoms with Gasteiger partial charge in [-0.1, -0.05) is 40.5 Å². The summed E-state index contributed by atoms with van der Waals surface area (Å²) in [7, 11) is 0. The van der Waals surface area contributed by atoms with Crippen LogP contribution >= 0.6 is 15.9 Å². The van der Waals surface area contributed by atoms with Gasteiger partial charge >= 0.3 is 0 Å². The molecule has 4 heteroatoms. The molecule has 1 aromatic rings. The summed E-state index contributed by atoms with van der Waals surface area (Å²) >= 11 is 3.67. The first-order valence-electron chi connectivity index (χ1n) is 6.77. The third-order valence-corrected chi connectivity index (χ3v) is 5.17. The molecule has 1 saturated heterocycles. The van der Waals surface area contributed by atoms with Crippen LogP contribution in [0.25, 0.3) is 0 Å². The lowest BCUT2D eigenvalue weighted by molar-refractivity contribution is 0.208. The van der Waals surface area contributed by atoms with E-state index in [1.807, 2.05) is 0 Å². The maximum atomic E-state index is 5.97. The molecule has 4 unspecified atom stereocenters. The second kappa shape index (κ2) is 5.29. The van der Waals surface area contributed by atoms with Gasteiger partial charge in [-0.25, -0.2) is 5.43 Å². The zero-order chi connectivity index (χ0) is 12.5. The number of hydrogen-bond acceptors (Lipinski definition) is 3. The molecular formula is C14H20BrN3. The topological polar surface area (TPSA) is 50.1 Å². The monoisotopic (exact) mass is 309 g/mol. The number of nitrogens with one attached hydrogen (secondary N) is 2. The summed E-state index contributed by atoms with van der Waals surface area (Å²) < 4.78 is 1.19. The Morgan fingerprint density at radius 3 is 2.83 bits per heavy atom. The fourth-order valence-corrected chi connectivity index (χ4v) is 4.10. The largest absolute Gasteiger partial charge is 0.330 e. The lowest BCUT2D eigenvalue weighted by Gasteiger charge is -2.35. The first kappa shape index (κ1) is 12.6. The molecule has 4 N–H and O–H groups in total. The summed E-state index contributed by atoms with van der Waals surface area (Å²) in [5.41, 5.74) is 14.3. The van der Waals surface area contributed by atoms with E-state index in [4.69, 9.17) is 5.73 Å². The Bertz CT molecular complexity index is 423. The molecule has 3 nitrogen and oxygen atoms in total. The van der Waals surface area contributed by atoms with Gasteiger partial charge in [-0.2, -0.15) is 0 Å². The van der Waals surface area contributed by atoms with Crippen molar-refractivity contribution in [1.82, 2.24) is 10.9 Å². The van der Waals surface area contributed by atoms with Gasteiger partial charge in [-0.05, 0) is 36.9 Å². The number of hydrogen-bond donors (Lipinski definition) is 3. The molecule has 0 aromatic heterocycles. The fourth-order valence-electron chi connectivity index (χ4n) is 3.57. The van der Waals surface area contributed by atoms with Crippen LogP contribution in [0.5, 0.6) is 0 Å². The summed E-state index contributed by atoms with van der Waals surface area (Å²) in [6.07, 6.45) is 3.82. The number of rotatable bonds is 2. The first-order valence-corrected chi connectivity index (χ1v) is 7.56. The quantitative estimate of drug-likeness (QED) is 0.786. The molecule has 0 radical (unpaired) electrons. The molecule has 1 aromatic carbocycles. The molecule has 1 saturated carbocycles. The van der Waals surface area contributed by atoms with Crippen molar-refractivity contribution in [3.8, 4) is 0 Å². The lowest BCUT2D eigenvalue weighted by Crippen LogP contribution is -2.39. The van der Waals surface area contributed by atoms with E-state index in [-0.39, 0.29) is 0 Å². The third kappa shape index (κ3) is 2.11. The molecule has 3 rings (SSSR count). The van der Waals surface area contributed by atoms with Gasteiger partial charge < -0.3 is 5.73 Å². The van der Waals surface area contributed by atoms with Gasteiger partial charge in [-0.3, -0.25) is 5.43 Å². The van der Waals surface area contributed by atoms with Gasteiger partial charge in [0, 0.05) is 16.4 Å². The van der Waals surface area contributed by atoms with Gasteiger partial charge in [0.05, 0.1) is 6.04 Å². The smallest absolute Gasteiger partial charge is 0.0520 e. The third-order valence-electron chi connectivity index (χ3n) is 4.45. The average Bonchev–Trinajstić information content (AvgIpc) is 2.83. The minimum Gasteiger partial charge on any atom is -0.330 e. The lowest BCUT2D eigenvalue weighted by atomic mass is 9.72. The van der Waals surface area contributed by atoms with Crippen LogP contribution in [-0.2, 0) is 0 Å². The van der Waals surface area contributed by atoms with E-state index in [1.54, 1.807) is 0 Å². The van der Waals surface area contributed by atoms with Crippen molar-refractivity contribution in [1.29, 1.82) is 0 Å². The minimum atomic E-state index is 0.374. The maximum absolute atomic E-state index is 5.97. The molecule has 1 aliphatic carbocycles. The van der Waals surface area contributed by atoms with Crippen LogP contribution in [0, 0.1) is 11.8 Å². The Hall–Kier alpha value is -0.420. The zero-order valence-corrected chi connectivity index (χ0v) is 12.0. The van der Waals surface area contributed by atoms with Crippen LogP contribution in [-0.4, -0.2) is 12.6 Å². The van der Waals surface area contributed by atoms with E-state index in [0.717, 1.165) is 6.54 Å². The highest BCUT2D eigenvalue weighted by Gasteiger charge is 2.43. The number of nitrogens with two attached hydrogens (primary N) is 1. The molecule has 18 heavy (non-hydrogen) atoms. The van der Waals surface area contributed by atoms with E-state index >= 15 is 0 Å². The molecule has 0 bridgehead atoms. The van der Waals surface area contributed by atoms with Crippen molar-refractivity contribution in [2.24, 2.45) is 17.6 Å². The van der Waals surface area contributed by atoms with Gasteiger partial charge in [0.1, 0.15) is 0 Å². The minimum absolute atomic E-state index is 0.374. The summed E-state index contributed by atoms with van der Waals surface area (Å²) in [4.78, 5) is 0. The SMILES string of the molecule is NCC1CCCC2NNC(c3ccccc3Br)C12. The van der Waals surface area contributed by atoms with Crippen LogP contribution in [0.4, 0.5) is 0 Å². The van der Waals surface area contributed by atoms with Crippen molar-refractivity contribution in [3.05, 3.63) is 34.3 Å². The molecule has 1 heterocycles. The average molecular weight is 310 g/mol. The van der Waals surface area contributed by atoms with Crippen molar-refractivity contribution in [3.63, 3.8) is 0 Å². The number of fused-ring (bicyclic) bond motifs is 1. The maximum Gasteiger partial charge on any atom is 0.0520 e. The molecule has 0 amide bonds. The Morgan fingerprint density at radius 2 is 2.06 bits per heavy atom. The molecule has 4 atom stereocenters. The fraction of sp³-hybridized carbons (Fsp3) is 0.571. The van der Waals surface area contributed by atoms with Crippen molar-refractivity contribution >= 4 is 15.9 Å². The summed E-state index contributed by atoms with van der Waals surface area (Å²) in [6.45, 7) is 0.797. The van der Waals surface area contributed by atoms with Crippen LogP contribution in [0.1, 0.15) is 30.9 Å². The second-order valence-corrected chi connectivity index (χ2v) is 6.25. The summed E-state index contributed by atoms with van der Waals surface area (Å²) in [5, 5.41) is 0. The Kier molecular flexibility index (Phi) is 3.71. The van der Waals surface area contributed by atoms with E-state index in [2.05, 4.69) is 51.0 Å². The number of hydrazine groups is 1. The van der Waals surface area contributed by atoms with Gasteiger partial charge in [0.2, 0.25) is 0 Å². The van der Waals surface area contributed by atoms with E-state index in [9.17, 15) is 0 Å². The number of benzene rings is 1. The van der Waals surface area contributed by atoms with E-state index < -0.39 is 0 Å². The second-order valence-electron chi connectivity index (χ2n) is 5.40. The summed E-state index contributed by atoms with van der Waals surface area (Å²) in [6, 6.07) is 9.44. The predicted octanol–water partition coefficient (Wildman–Crippen LogP) is 2.34. The molecule has 2 aliphatic rings. The normalized spacial score (nSPS) is 35.4. The Morgan fingerprint density at radius 1 is 1.22 bits per heavy atom. The summed E-state index contributed by atoms with van der Waals surface area (Å²) in [5.74, 6) is 1.24. The van der Waals surface area contributed by atoms with Gasteiger partial charge in [0.15, 0.2) is 0 Å². The Labute approximate surface area is 117 Å². The van der Waals surface area contributed by atoms with Crippen molar-refractivity contribution in [2.45, 2.75) is 31.3 Å². The molecule has 98 valence electrons. The van der Waals surface area contributed by atoms with Crippen LogP contribution in [0.3, 0.4) is 0 Å². The standard InChI is InChI=1S/C14H20BrN3/c15-11-6-2-1-5-10(11)14-13-9(8-16)4-3-7-12(13)17-18-14/h1-2,5-6,9,12-14,17-18H,3-4,7-8,16H2. The predicted molar refractivity (Wildman–Crippen MR) is 76.8 cm³/mol. The number of halogens is 1. The van der Waals surface area contributed by atoms with E-state index in [1.165, 1.54) is 29.3 Å². The van der Waals surface area contributed by atoms with Crippen molar-refractivity contribution in [2.75, 3.05) is 6.54 Å². The van der Waals surface area contributed by atoms with Crippen LogP contribution in [0.15, 0.2) is 28.7 Å². The molecule has 0 spiro atoms. The highest BCUT2D eigenvalue weighted by Crippen LogP contribution is 2.42. The molecular weight excluding hydrogens is 290 g/mol. The zero-order valence-electron chi connectivity index (χ0n) is 10.4. The highest BCUT2D eigenvalue weighted by atomic mass is 79.9. The van der Waals surface area contributed by atoms with Gasteiger partial charge in [-0.15, -0.1) is 0 Å². The van der Waals surface area contributed by atoms with E-state index in [0.29, 0.717) is 23.9 Å². The molecule has 2 fully saturated rings. The van der Waals surface area contributed by atoms with Crippen LogP contribution in [0.2, 0.25) is 0 Å². The highest BCUT2D eigenvalue weighted by molar-refractivity contribution is 9.10. The molecule has 1 aliphatic heterocycles.